The van der Waals surface area contributed by atoms with Gasteiger partial charge in [0.2, 0.25) is 0 Å². The summed E-state index contributed by atoms with van der Waals surface area (Å²) in [5.74, 6) is 1.29. The number of phenolic OH excluding ortho intramolecular Hbond substituents is 1. The van der Waals surface area contributed by atoms with Crippen molar-refractivity contribution in [2.75, 3.05) is 33.1 Å². The molecular weight excluding hydrogens is 310 g/mol. The van der Waals surface area contributed by atoms with Gasteiger partial charge in [0.1, 0.15) is 5.75 Å². The first kappa shape index (κ1) is 17.7. The predicted octanol–water partition coefficient (Wildman–Crippen LogP) is 3.44. The van der Waals surface area contributed by atoms with E-state index in [1.165, 1.54) is 0 Å². The summed E-state index contributed by atoms with van der Waals surface area (Å²) in [6.07, 6.45) is 0. The first-order valence-electron chi connectivity index (χ1n) is 7.27. The fraction of sp³-hybridized carbons (Fsp3) is 0.222. The lowest BCUT2D eigenvalue weighted by Gasteiger charge is -2.15. The Morgan fingerprint density at radius 3 is 2.21 bits per heavy atom. The van der Waals surface area contributed by atoms with Gasteiger partial charge in [0, 0.05) is 31.7 Å². The van der Waals surface area contributed by atoms with Gasteiger partial charge in [-0.05, 0) is 42.0 Å². The van der Waals surface area contributed by atoms with E-state index in [1.54, 1.807) is 50.6 Å². The van der Waals surface area contributed by atoms with Crippen molar-refractivity contribution in [1.29, 1.82) is 0 Å². The van der Waals surface area contributed by atoms with E-state index in [0.29, 0.717) is 17.2 Å². The molecule has 6 heteroatoms. The van der Waals surface area contributed by atoms with Gasteiger partial charge in [0.25, 0.3) is 0 Å². The number of nitrogens with one attached hydrogen (secondary N) is 1. The number of methoxy groups -OCH3 is 2. The van der Waals surface area contributed by atoms with E-state index in [0.717, 1.165) is 11.3 Å². The summed E-state index contributed by atoms with van der Waals surface area (Å²) in [6, 6.07) is 12.2. The summed E-state index contributed by atoms with van der Waals surface area (Å²) in [5.41, 5.74) is 2.34. The topological polar surface area (TPSA) is 69.2 Å². The lowest BCUT2D eigenvalue weighted by atomic mass is 10.1. The number of ether oxygens (including phenoxy) is 4. The monoisotopic (exact) mass is 331 g/mol. The highest BCUT2D eigenvalue weighted by Crippen LogP contribution is 2.32. The largest absolute Gasteiger partial charge is 0.508 e. The van der Waals surface area contributed by atoms with Gasteiger partial charge in [-0.2, -0.15) is 0 Å². The third-order valence-electron chi connectivity index (χ3n) is 3.12. The van der Waals surface area contributed by atoms with Crippen molar-refractivity contribution < 1.29 is 24.1 Å². The highest BCUT2D eigenvalue weighted by atomic mass is 16.7. The summed E-state index contributed by atoms with van der Waals surface area (Å²) in [5, 5.41) is 12.5. The van der Waals surface area contributed by atoms with Gasteiger partial charge in [0.15, 0.2) is 25.1 Å². The Morgan fingerprint density at radius 1 is 0.958 bits per heavy atom. The average molecular weight is 331 g/mol. The summed E-state index contributed by atoms with van der Waals surface area (Å²) in [6.45, 7) is 4.23. The van der Waals surface area contributed by atoms with Crippen LogP contribution >= 0.6 is 0 Å². The number of phenols is 1. The minimum atomic E-state index is 0.103. The molecule has 0 saturated heterocycles. The van der Waals surface area contributed by atoms with Crippen LogP contribution in [0.1, 0.15) is 5.56 Å². The zero-order valence-corrected chi connectivity index (χ0v) is 13.7. The van der Waals surface area contributed by atoms with Gasteiger partial charge >= 0.3 is 0 Å². The quantitative estimate of drug-likeness (QED) is 0.686. The minimum absolute atomic E-state index is 0.103. The molecule has 0 unspecified atom stereocenters. The summed E-state index contributed by atoms with van der Waals surface area (Å²) in [7, 11) is 3.09. The molecule has 0 spiro atoms. The third-order valence-corrected chi connectivity index (χ3v) is 3.12. The first-order valence-corrected chi connectivity index (χ1v) is 7.27. The Kier molecular flexibility index (Phi) is 6.48. The van der Waals surface area contributed by atoms with E-state index in [1.807, 2.05) is 6.07 Å². The molecule has 0 heterocycles. The number of rotatable bonds is 9. The number of benzene rings is 2. The fourth-order valence-corrected chi connectivity index (χ4v) is 1.97. The Hall–Kier alpha value is -2.70. The van der Waals surface area contributed by atoms with Crippen LogP contribution in [0.5, 0.6) is 17.2 Å². The van der Waals surface area contributed by atoms with Crippen LogP contribution in [0.3, 0.4) is 0 Å². The number of hydrogen-bond donors (Lipinski definition) is 2. The van der Waals surface area contributed by atoms with Crippen molar-refractivity contribution in [1.82, 2.24) is 0 Å². The Bertz CT molecular complexity index is 670. The zero-order valence-electron chi connectivity index (χ0n) is 13.7. The fourth-order valence-electron chi connectivity index (χ4n) is 1.97. The van der Waals surface area contributed by atoms with E-state index < -0.39 is 0 Å². The van der Waals surface area contributed by atoms with Crippen molar-refractivity contribution in [3.63, 3.8) is 0 Å². The Labute approximate surface area is 141 Å². The molecule has 24 heavy (non-hydrogen) atoms. The molecule has 0 aliphatic carbocycles. The Balaban J connectivity index is 2.14. The predicted molar refractivity (Wildman–Crippen MR) is 92.2 cm³/mol. The van der Waals surface area contributed by atoms with Crippen LogP contribution in [0.15, 0.2) is 49.0 Å². The zero-order chi connectivity index (χ0) is 17.4. The number of hydrogen-bond acceptors (Lipinski definition) is 6. The molecule has 2 aromatic carbocycles. The molecule has 0 bridgehead atoms. The normalized spacial score (nSPS) is 10.2. The van der Waals surface area contributed by atoms with Crippen LogP contribution in [0.2, 0.25) is 0 Å². The maximum absolute atomic E-state index is 9.35. The number of anilines is 1. The molecular formula is C18H21NO5. The smallest absolute Gasteiger partial charge is 0.188 e. The second-order valence-corrected chi connectivity index (χ2v) is 4.91. The molecule has 0 atom stereocenters. The van der Waals surface area contributed by atoms with E-state index >= 15 is 0 Å². The lowest BCUT2D eigenvalue weighted by Crippen LogP contribution is -2.05. The maximum atomic E-state index is 9.35. The van der Waals surface area contributed by atoms with E-state index in [2.05, 4.69) is 11.9 Å². The molecule has 2 aromatic rings. The van der Waals surface area contributed by atoms with Crippen molar-refractivity contribution in [2.24, 2.45) is 0 Å². The standard InChI is InChI=1S/C18H21NO5/c1-13(14-4-7-16(20)8-5-14)19-15-6-9-17(23-11-21-2)18(10-15)24-12-22-3/h4-10,19-20H,1,11-12H2,2-3H3. The maximum Gasteiger partial charge on any atom is 0.188 e. The van der Waals surface area contributed by atoms with Crippen molar-refractivity contribution >= 4 is 11.4 Å². The van der Waals surface area contributed by atoms with Crippen LogP contribution < -0.4 is 14.8 Å². The van der Waals surface area contributed by atoms with E-state index in [-0.39, 0.29) is 19.3 Å². The van der Waals surface area contributed by atoms with Crippen LogP contribution in [-0.4, -0.2) is 32.9 Å². The van der Waals surface area contributed by atoms with Gasteiger partial charge in [-0.25, -0.2) is 0 Å². The first-order chi connectivity index (χ1) is 11.6. The SMILES string of the molecule is C=C(Nc1ccc(OCOC)c(OCOC)c1)c1ccc(O)cc1. The van der Waals surface area contributed by atoms with E-state index in [4.69, 9.17) is 18.9 Å². The third kappa shape index (κ3) is 4.91. The minimum Gasteiger partial charge on any atom is -0.508 e. The van der Waals surface area contributed by atoms with Crippen LogP contribution in [0.4, 0.5) is 5.69 Å². The van der Waals surface area contributed by atoms with Crippen molar-refractivity contribution in [3.8, 4) is 17.2 Å². The van der Waals surface area contributed by atoms with Crippen LogP contribution in [0.25, 0.3) is 5.70 Å². The van der Waals surface area contributed by atoms with Gasteiger partial charge in [-0.15, -0.1) is 0 Å². The molecule has 0 aromatic heterocycles. The second kappa shape index (κ2) is 8.81. The number of aromatic hydroxyl groups is 1. The molecule has 0 saturated carbocycles. The highest BCUT2D eigenvalue weighted by molar-refractivity contribution is 5.76. The molecule has 0 fully saturated rings. The van der Waals surface area contributed by atoms with Crippen LogP contribution in [-0.2, 0) is 9.47 Å². The summed E-state index contributed by atoms with van der Waals surface area (Å²) >= 11 is 0. The highest BCUT2D eigenvalue weighted by Gasteiger charge is 2.08. The van der Waals surface area contributed by atoms with Gasteiger partial charge < -0.3 is 29.4 Å². The molecule has 0 aliphatic heterocycles. The van der Waals surface area contributed by atoms with Gasteiger partial charge in [-0.3, -0.25) is 0 Å². The molecule has 0 aliphatic rings. The average Bonchev–Trinajstić information content (AvgIpc) is 2.59. The summed E-state index contributed by atoms with van der Waals surface area (Å²) < 4.78 is 20.8. The van der Waals surface area contributed by atoms with E-state index in [9.17, 15) is 5.11 Å². The van der Waals surface area contributed by atoms with Crippen LogP contribution in [0, 0.1) is 0 Å². The lowest BCUT2D eigenvalue weighted by molar-refractivity contribution is 0.0323. The molecule has 2 rings (SSSR count). The molecule has 2 N–H and O–H groups in total. The molecule has 0 radical (unpaired) electrons. The second-order valence-electron chi connectivity index (χ2n) is 4.91. The summed E-state index contributed by atoms with van der Waals surface area (Å²) in [4.78, 5) is 0. The van der Waals surface area contributed by atoms with Gasteiger partial charge in [0.05, 0.1) is 0 Å². The Morgan fingerprint density at radius 2 is 1.58 bits per heavy atom. The van der Waals surface area contributed by atoms with Gasteiger partial charge in [-0.1, -0.05) is 6.58 Å². The van der Waals surface area contributed by atoms with Crippen molar-refractivity contribution in [2.45, 2.75) is 0 Å². The molecule has 0 amide bonds. The molecule has 128 valence electrons. The van der Waals surface area contributed by atoms with Crippen molar-refractivity contribution in [3.05, 3.63) is 54.6 Å². The molecule has 6 nitrogen and oxygen atoms in total.